The molecule has 3 nitrogen and oxygen atoms in total. The molecule has 1 atom stereocenters. The Hall–Kier alpha value is -1.03. The van der Waals surface area contributed by atoms with Crippen LogP contribution in [0.25, 0.3) is 0 Å². The highest BCUT2D eigenvalue weighted by molar-refractivity contribution is 6.35. The lowest BCUT2D eigenvalue weighted by Gasteiger charge is -2.10. The lowest BCUT2D eigenvalue weighted by Crippen LogP contribution is -2.09. The standard InChI is InChI=1S/C14H17Cl2N3/c1-8(17)14-9(2)18-19(10(14)3)7-11-12(15)5-4-6-13(11)16/h4-6,8H,7,17H2,1-3H3. The maximum Gasteiger partial charge on any atom is 0.0692 e. The third kappa shape index (κ3) is 2.78. The van der Waals surface area contributed by atoms with Crippen molar-refractivity contribution >= 4 is 23.2 Å². The van der Waals surface area contributed by atoms with Crippen LogP contribution in [0.4, 0.5) is 0 Å². The first-order valence-corrected chi connectivity index (χ1v) is 6.89. The van der Waals surface area contributed by atoms with Crippen LogP contribution in [0.5, 0.6) is 0 Å². The average Bonchev–Trinajstić information content (AvgIpc) is 2.59. The Morgan fingerprint density at radius 1 is 1.26 bits per heavy atom. The molecule has 1 heterocycles. The Bertz CT molecular complexity index is 583. The predicted molar refractivity (Wildman–Crippen MR) is 79.9 cm³/mol. The number of rotatable bonds is 3. The lowest BCUT2D eigenvalue weighted by molar-refractivity contribution is 0.656. The van der Waals surface area contributed by atoms with Gasteiger partial charge in [0.15, 0.2) is 0 Å². The van der Waals surface area contributed by atoms with E-state index >= 15 is 0 Å². The Balaban J connectivity index is 2.42. The third-order valence-electron chi connectivity index (χ3n) is 3.26. The van der Waals surface area contributed by atoms with Gasteiger partial charge in [0.05, 0.1) is 12.2 Å². The van der Waals surface area contributed by atoms with E-state index in [1.807, 2.05) is 43.7 Å². The van der Waals surface area contributed by atoms with Crippen LogP contribution in [0.1, 0.15) is 35.5 Å². The summed E-state index contributed by atoms with van der Waals surface area (Å²) in [6.45, 7) is 6.50. The van der Waals surface area contributed by atoms with Crippen LogP contribution >= 0.6 is 23.2 Å². The van der Waals surface area contributed by atoms with Gasteiger partial charge in [-0.3, -0.25) is 4.68 Å². The molecule has 1 aromatic heterocycles. The van der Waals surface area contributed by atoms with Crippen LogP contribution in [-0.4, -0.2) is 9.78 Å². The first kappa shape index (κ1) is 14.4. The molecule has 0 aliphatic rings. The molecule has 0 amide bonds. The van der Waals surface area contributed by atoms with Gasteiger partial charge in [-0.25, -0.2) is 0 Å². The van der Waals surface area contributed by atoms with Crippen LogP contribution in [0.2, 0.25) is 10.0 Å². The molecular formula is C14H17Cl2N3. The van der Waals surface area contributed by atoms with Crippen molar-refractivity contribution in [1.29, 1.82) is 0 Å². The van der Waals surface area contributed by atoms with Gasteiger partial charge in [-0.15, -0.1) is 0 Å². The zero-order chi connectivity index (χ0) is 14.2. The summed E-state index contributed by atoms with van der Waals surface area (Å²) in [4.78, 5) is 0. The van der Waals surface area contributed by atoms with E-state index in [0.717, 1.165) is 22.5 Å². The van der Waals surface area contributed by atoms with Crippen molar-refractivity contribution in [2.75, 3.05) is 0 Å². The van der Waals surface area contributed by atoms with Gasteiger partial charge in [0.25, 0.3) is 0 Å². The van der Waals surface area contributed by atoms with E-state index in [-0.39, 0.29) is 6.04 Å². The van der Waals surface area contributed by atoms with Crippen molar-refractivity contribution in [3.8, 4) is 0 Å². The minimum absolute atomic E-state index is 0.0320. The zero-order valence-corrected chi connectivity index (χ0v) is 12.8. The number of hydrogen-bond acceptors (Lipinski definition) is 2. The molecular weight excluding hydrogens is 281 g/mol. The first-order valence-electron chi connectivity index (χ1n) is 6.14. The molecule has 2 aromatic rings. The maximum absolute atomic E-state index is 6.19. The van der Waals surface area contributed by atoms with Gasteiger partial charge in [-0.1, -0.05) is 29.3 Å². The normalized spacial score (nSPS) is 12.7. The first-order chi connectivity index (χ1) is 8.91. The maximum atomic E-state index is 6.19. The summed E-state index contributed by atoms with van der Waals surface area (Å²) in [5.74, 6) is 0. The second kappa shape index (κ2) is 5.53. The Morgan fingerprint density at radius 3 is 2.32 bits per heavy atom. The quantitative estimate of drug-likeness (QED) is 0.934. The highest BCUT2D eigenvalue weighted by atomic mass is 35.5. The molecule has 1 unspecified atom stereocenters. The molecule has 19 heavy (non-hydrogen) atoms. The van der Waals surface area contributed by atoms with Crippen molar-refractivity contribution in [1.82, 2.24) is 9.78 Å². The predicted octanol–water partition coefficient (Wildman–Crippen LogP) is 3.87. The molecule has 0 aliphatic heterocycles. The fourth-order valence-corrected chi connectivity index (χ4v) is 2.87. The minimum Gasteiger partial charge on any atom is -0.324 e. The second-order valence-corrected chi connectivity index (χ2v) is 5.55. The third-order valence-corrected chi connectivity index (χ3v) is 3.97. The van der Waals surface area contributed by atoms with Crippen molar-refractivity contribution in [2.24, 2.45) is 5.73 Å². The summed E-state index contributed by atoms with van der Waals surface area (Å²) in [7, 11) is 0. The largest absolute Gasteiger partial charge is 0.324 e. The molecule has 102 valence electrons. The zero-order valence-electron chi connectivity index (χ0n) is 11.2. The van der Waals surface area contributed by atoms with Gasteiger partial charge in [-0.2, -0.15) is 5.10 Å². The minimum atomic E-state index is -0.0320. The molecule has 1 aromatic carbocycles. The highest BCUT2D eigenvalue weighted by Gasteiger charge is 2.16. The van der Waals surface area contributed by atoms with E-state index in [1.165, 1.54) is 0 Å². The molecule has 5 heteroatoms. The molecule has 0 saturated carbocycles. The summed E-state index contributed by atoms with van der Waals surface area (Å²) in [5, 5.41) is 5.84. The van der Waals surface area contributed by atoms with Gasteiger partial charge in [-0.05, 0) is 32.9 Å². The number of hydrogen-bond donors (Lipinski definition) is 1. The van der Waals surface area contributed by atoms with E-state index in [2.05, 4.69) is 5.10 Å². The smallest absolute Gasteiger partial charge is 0.0692 e. The van der Waals surface area contributed by atoms with Gasteiger partial charge in [0, 0.05) is 32.9 Å². The molecule has 2 N–H and O–H groups in total. The van der Waals surface area contributed by atoms with Crippen LogP contribution < -0.4 is 5.73 Å². The van der Waals surface area contributed by atoms with E-state index < -0.39 is 0 Å². The number of aryl methyl sites for hydroxylation is 1. The van der Waals surface area contributed by atoms with Crippen molar-refractivity contribution in [3.63, 3.8) is 0 Å². The van der Waals surface area contributed by atoms with E-state index in [4.69, 9.17) is 28.9 Å². The van der Waals surface area contributed by atoms with Crippen LogP contribution in [0.3, 0.4) is 0 Å². The molecule has 0 spiro atoms. The molecule has 0 aliphatic carbocycles. The number of halogens is 2. The van der Waals surface area contributed by atoms with Gasteiger partial charge < -0.3 is 5.73 Å². The fraction of sp³-hybridized carbons (Fsp3) is 0.357. The molecule has 0 bridgehead atoms. The fourth-order valence-electron chi connectivity index (χ4n) is 2.36. The van der Waals surface area contributed by atoms with E-state index in [1.54, 1.807) is 0 Å². The topological polar surface area (TPSA) is 43.8 Å². The van der Waals surface area contributed by atoms with Crippen LogP contribution in [0, 0.1) is 13.8 Å². The second-order valence-electron chi connectivity index (χ2n) is 4.73. The summed E-state index contributed by atoms with van der Waals surface area (Å²) in [5.41, 5.74) is 9.96. The number of aromatic nitrogens is 2. The van der Waals surface area contributed by atoms with Crippen molar-refractivity contribution < 1.29 is 0 Å². The highest BCUT2D eigenvalue weighted by Crippen LogP contribution is 2.27. The average molecular weight is 298 g/mol. The van der Waals surface area contributed by atoms with E-state index in [9.17, 15) is 0 Å². The number of benzene rings is 1. The summed E-state index contributed by atoms with van der Waals surface area (Å²) < 4.78 is 1.90. The summed E-state index contributed by atoms with van der Waals surface area (Å²) in [6, 6.07) is 5.47. The van der Waals surface area contributed by atoms with Gasteiger partial charge >= 0.3 is 0 Å². The van der Waals surface area contributed by atoms with Crippen LogP contribution in [-0.2, 0) is 6.54 Å². The van der Waals surface area contributed by atoms with Crippen molar-refractivity contribution in [2.45, 2.75) is 33.4 Å². The van der Waals surface area contributed by atoms with Gasteiger partial charge in [0.1, 0.15) is 0 Å². The monoisotopic (exact) mass is 297 g/mol. The number of nitrogens with zero attached hydrogens (tertiary/aromatic N) is 2. The molecule has 0 fully saturated rings. The SMILES string of the molecule is Cc1nn(Cc2c(Cl)cccc2Cl)c(C)c1C(C)N. The van der Waals surface area contributed by atoms with E-state index in [0.29, 0.717) is 16.6 Å². The molecule has 0 radical (unpaired) electrons. The van der Waals surface area contributed by atoms with Crippen molar-refractivity contribution in [3.05, 3.63) is 50.8 Å². The summed E-state index contributed by atoms with van der Waals surface area (Å²) in [6.07, 6.45) is 0. The molecule has 2 rings (SSSR count). The Kier molecular flexibility index (Phi) is 4.19. The van der Waals surface area contributed by atoms with Gasteiger partial charge in [0.2, 0.25) is 0 Å². The number of nitrogens with two attached hydrogens (primary N) is 1. The molecule has 0 saturated heterocycles. The summed E-state index contributed by atoms with van der Waals surface area (Å²) >= 11 is 12.4. The Morgan fingerprint density at radius 2 is 1.84 bits per heavy atom. The van der Waals surface area contributed by atoms with Crippen LogP contribution in [0.15, 0.2) is 18.2 Å². The lowest BCUT2D eigenvalue weighted by atomic mass is 10.1. The Labute approximate surface area is 123 Å².